The zero-order chi connectivity index (χ0) is 19.3. The van der Waals surface area contributed by atoms with Gasteiger partial charge in [-0.25, -0.2) is 18.7 Å². The molecule has 0 aliphatic carbocycles. The van der Waals surface area contributed by atoms with Gasteiger partial charge in [-0.05, 0) is 0 Å². The molecule has 2 aliphatic rings. The van der Waals surface area contributed by atoms with Crippen LogP contribution in [0.1, 0.15) is 12.8 Å². The van der Waals surface area contributed by atoms with E-state index in [1.807, 2.05) is 11.0 Å². The van der Waals surface area contributed by atoms with Crippen LogP contribution in [0, 0.1) is 0 Å². The summed E-state index contributed by atoms with van der Waals surface area (Å²) in [6.07, 6.45) is 2.87. The fourth-order valence-electron chi connectivity index (χ4n) is 3.33. The highest BCUT2D eigenvalue weighted by Gasteiger charge is 2.34. The van der Waals surface area contributed by atoms with Gasteiger partial charge in [0.2, 0.25) is 5.91 Å². The van der Waals surface area contributed by atoms with Gasteiger partial charge in [0.05, 0.1) is 6.54 Å². The van der Waals surface area contributed by atoms with E-state index in [0.717, 1.165) is 32.0 Å². The van der Waals surface area contributed by atoms with E-state index in [1.165, 1.54) is 6.33 Å². The molecule has 2 saturated heterocycles. The monoisotopic (exact) mass is 380 g/mol. The Kier molecular flexibility index (Phi) is 6.20. The number of piperidine rings is 1. The van der Waals surface area contributed by atoms with Gasteiger partial charge in [-0.2, -0.15) is 0 Å². The molecule has 148 valence electrons. The van der Waals surface area contributed by atoms with Crippen LogP contribution in [-0.4, -0.2) is 79.1 Å². The van der Waals surface area contributed by atoms with Crippen molar-refractivity contribution in [2.45, 2.75) is 18.8 Å². The number of halogens is 2. The first-order valence-corrected chi connectivity index (χ1v) is 9.26. The van der Waals surface area contributed by atoms with E-state index < -0.39 is 5.92 Å². The lowest BCUT2D eigenvalue weighted by Gasteiger charge is -2.36. The lowest BCUT2D eigenvalue weighted by Crippen LogP contribution is -2.49. The number of nitrogens with zero attached hydrogens (tertiary/aromatic N) is 5. The molecule has 1 aromatic heterocycles. The number of piperazine rings is 1. The van der Waals surface area contributed by atoms with Crippen LogP contribution in [0.3, 0.4) is 0 Å². The number of alkyl halides is 2. The van der Waals surface area contributed by atoms with Crippen molar-refractivity contribution in [2.75, 3.05) is 62.2 Å². The van der Waals surface area contributed by atoms with E-state index >= 15 is 0 Å². The molecule has 0 atom stereocenters. The van der Waals surface area contributed by atoms with Crippen LogP contribution >= 0.6 is 0 Å². The molecule has 3 rings (SSSR count). The summed E-state index contributed by atoms with van der Waals surface area (Å²) in [6.45, 7) is 8.07. The van der Waals surface area contributed by atoms with Crippen molar-refractivity contribution >= 4 is 17.5 Å². The smallest absolute Gasteiger partial charge is 0.251 e. The summed E-state index contributed by atoms with van der Waals surface area (Å²) < 4.78 is 26.7. The zero-order valence-corrected chi connectivity index (χ0v) is 15.4. The summed E-state index contributed by atoms with van der Waals surface area (Å²) in [5.74, 6) is -1.08. The molecule has 0 spiro atoms. The summed E-state index contributed by atoms with van der Waals surface area (Å²) in [5.41, 5.74) is 0. The number of nitrogens with one attached hydrogen (secondary N) is 1. The van der Waals surface area contributed by atoms with Gasteiger partial charge >= 0.3 is 0 Å². The van der Waals surface area contributed by atoms with Crippen molar-refractivity contribution in [3.63, 3.8) is 0 Å². The third kappa shape index (κ3) is 5.35. The second-order valence-electron chi connectivity index (χ2n) is 6.93. The second kappa shape index (κ2) is 8.60. The SMILES string of the molecule is C=CCNC(=O)CN1CCN(c2cc(N3CCC(F)(F)CC3)ncn2)CC1. The Morgan fingerprint density at radius 1 is 1.11 bits per heavy atom. The number of hydrogen-bond donors (Lipinski definition) is 1. The minimum atomic E-state index is -2.57. The summed E-state index contributed by atoms with van der Waals surface area (Å²) in [4.78, 5) is 26.5. The molecule has 1 N–H and O–H groups in total. The Bertz CT molecular complexity index is 653. The summed E-state index contributed by atoms with van der Waals surface area (Å²) in [6, 6.07) is 1.87. The number of aromatic nitrogens is 2. The van der Waals surface area contributed by atoms with Crippen LogP contribution in [0.4, 0.5) is 20.4 Å². The van der Waals surface area contributed by atoms with Gasteiger partial charge < -0.3 is 15.1 Å². The van der Waals surface area contributed by atoms with Crippen LogP contribution in [0.25, 0.3) is 0 Å². The van der Waals surface area contributed by atoms with E-state index in [9.17, 15) is 13.6 Å². The lowest BCUT2D eigenvalue weighted by molar-refractivity contribution is -0.122. The fourth-order valence-corrected chi connectivity index (χ4v) is 3.33. The Morgan fingerprint density at radius 3 is 2.30 bits per heavy atom. The van der Waals surface area contributed by atoms with E-state index in [0.29, 0.717) is 32.0 Å². The summed E-state index contributed by atoms with van der Waals surface area (Å²) >= 11 is 0. The molecule has 1 aromatic rings. The molecule has 0 radical (unpaired) electrons. The van der Waals surface area contributed by atoms with Crippen molar-refractivity contribution in [3.8, 4) is 0 Å². The first-order valence-electron chi connectivity index (χ1n) is 9.26. The third-order valence-electron chi connectivity index (χ3n) is 4.96. The Morgan fingerprint density at radius 2 is 1.70 bits per heavy atom. The van der Waals surface area contributed by atoms with Crippen molar-refractivity contribution in [1.29, 1.82) is 0 Å². The highest BCUT2D eigenvalue weighted by Crippen LogP contribution is 2.30. The van der Waals surface area contributed by atoms with Gasteiger partial charge in [-0.1, -0.05) is 6.08 Å². The van der Waals surface area contributed by atoms with Gasteiger partial charge in [0.25, 0.3) is 5.92 Å². The molecular formula is C18H26F2N6O. The maximum absolute atomic E-state index is 13.4. The van der Waals surface area contributed by atoms with Crippen LogP contribution in [0.2, 0.25) is 0 Å². The number of anilines is 2. The molecular weight excluding hydrogens is 354 g/mol. The number of hydrogen-bond acceptors (Lipinski definition) is 6. The molecule has 0 unspecified atom stereocenters. The van der Waals surface area contributed by atoms with Crippen molar-refractivity contribution in [3.05, 3.63) is 25.0 Å². The number of carbonyl (C=O) groups excluding carboxylic acids is 1. The molecule has 3 heterocycles. The molecule has 7 nitrogen and oxygen atoms in total. The normalized spacial score (nSPS) is 20.4. The Balaban J connectivity index is 1.53. The minimum Gasteiger partial charge on any atom is -0.356 e. The largest absolute Gasteiger partial charge is 0.356 e. The molecule has 0 aromatic carbocycles. The molecule has 0 saturated carbocycles. The fraction of sp³-hybridized carbons (Fsp3) is 0.611. The molecule has 0 bridgehead atoms. The maximum Gasteiger partial charge on any atom is 0.251 e. The van der Waals surface area contributed by atoms with Gasteiger partial charge in [0.1, 0.15) is 18.0 Å². The first kappa shape index (κ1) is 19.5. The highest BCUT2D eigenvalue weighted by molar-refractivity contribution is 5.78. The minimum absolute atomic E-state index is 0.00503. The summed E-state index contributed by atoms with van der Waals surface area (Å²) in [7, 11) is 0. The van der Waals surface area contributed by atoms with Crippen molar-refractivity contribution in [2.24, 2.45) is 0 Å². The highest BCUT2D eigenvalue weighted by atomic mass is 19.3. The second-order valence-corrected chi connectivity index (χ2v) is 6.93. The van der Waals surface area contributed by atoms with Gasteiger partial charge in [-0.15, -0.1) is 6.58 Å². The predicted molar refractivity (Wildman–Crippen MR) is 100 cm³/mol. The average molecular weight is 380 g/mol. The van der Waals surface area contributed by atoms with E-state index in [2.05, 4.69) is 31.7 Å². The average Bonchev–Trinajstić information content (AvgIpc) is 2.67. The van der Waals surface area contributed by atoms with Crippen molar-refractivity contribution < 1.29 is 13.6 Å². The van der Waals surface area contributed by atoms with Crippen LogP contribution in [0.15, 0.2) is 25.0 Å². The van der Waals surface area contributed by atoms with E-state index in [4.69, 9.17) is 0 Å². The first-order chi connectivity index (χ1) is 13.0. The van der Waals surface area contributed by atoms with E-state index in [1.54, 1.807) is 6.08 Å². The van der Waals surface area contributed by atoms with Gasteiger partial charge in [0.15, 0.2) is 0 Å². The molecule has 9 heteroatoms. The predicted octanol–water partition coefficient (Wildman–Crippen LogP) is 1.14. The lowest BCUT2D eigenvalue weighted by atomic mass is 10.1. The maximum atomic E-state index is 13.4. The molecule has 2 fully saturated rings. The standard InChI is InChI=1S/C18H26F2N6O/c1-2-5-21-17(27)13-24-8-10-26(11-9-24)16-12-15(22-14-23-16)25-6-3-18(19,20)4-7-25/h2,12,14H,1,3-11,13H2,(H,21,27). The Hall–Kier alpha value is -2.29. The number of carbonyl (C=O) groups is 1. The Labute approximate surface area is 158 Å². The van der Waals surface area contributed by atoms with Crippen LogP contribution < -0.4 is 15.1 Å². The number of rotatable bonds is 6. The van der Waals surface area contributed by atoms with Crippen LogP contribution in [-0.2, 0) is 4.79 Å². The third-order valence-corrected chi connectivity index (χ3v) is 4.96. The quantitative estimate of drug-likeness (QED) is 0.747. The molecule has 2 aliphatic heterocycles. The van der Waals surface area contributed by atoms with Gasteiger partial charge in [-0.3, -0.25) is 9.69 Å². The van der Waals surface area contributed by atoms with Gasteiger partial charge in [0, 0.05) is 64.7 Å². The number of amides is 1. The van der Waals surface area contributed by atoms with Crippen LogP contribution in [0.5, 0.6) is 0 Å². The summed E-state index contributed by atoms with van der Waals surface area (Å²) in [5, 5.41) is 2.78. The van der Waals surface area contributed by atoms with Crippen molar-refractivity contribution in [1.82, 2.24) is 20.2 Å². The topological polar surface area (TPSA) is 64.6 Å². The molecule has 27 heavy (non-hydrogen) atoms. The zero-order valence-electron chi connectivity index (χ0n) is 15.4. The molecule has 1 amide bonds. The van der Waals surface area contributed by atoms with E-state index in [-0.39, 0.29) is 18.7 Å².